The number of carbonyl (C=O) groups excluding carboxylic acids is 1. The van der Waals surface area contributed by atoms with Gasteiger partial charge in [0, 0.05) is 16.7 Å². The first-order valence-electron chi connectivity index (χ1n) is 6.87. The average Bonchev–Trinajstić information content (AvgIpc) is 2.36. The fraction of sp³-hybridized carbons (Fsp3) is 0.533. The van der Waals surface area contributed by atoms with E-state index >= 15 is 0 Å². The first-order valence-corrected chi connectivity index (χ1v) is 7.24. The van der Waals surface area contributed by atoms with E-state index in [4.69, 9.17) is 16.7 Å². The fourth-order valence-electron chi connectivity index (χ4n) is 1.80. The Kier molecular flexibility index (Phi) is 5.72. The molecule has 0 aromatic carbocycles. The zero-order valence-corrected chi connectivity index (χ0v) is 13.5. The Morgan fingerprint density at radius 3 is 2.48 bits per heavy atom. The van der Waals surface area contributed by atoms with Crippen molar-refractivity contribution >= 4 is 23.5 Å². The lowest BCUT2D eigenvalue weighted by atomic mass is 9.91. The number of nitrogens with zero attached hydrogens (tertiary/aromatic N) is 1. The lowest BCUT2D eigenvalue weighted by molar-refractivity contribution is -0.139. The zero-order chi connectivity index (χ0) is 16.2. The molecule has 5 nitrogen and oxygen atoms in total. The minimum absolute atomic E-state index is 0.218. The summed E-state index contributed by atoms with van der Waals surface area (Å²) in [6.07, 6.45) is 1.05. The normalized spacial score (nSPS) is 12.8. The Morgan fingerprint density at radius 1 is 1.38 bits per heavy atom. The second-order valence-corrected chi connectivity index (χ2v) is 6.35. The lowest BCUT2D eigenvalue weighted by Gasteiger charge is -2.19. The van der Waals surface area contributed by atoms with Crippen LogP contribution in [-0.2, 0) is 10.2 Å². The van der Waals surface area contributed by atoms with Crippen LogP contribution in [0.2, 0.25) is 5.15 Å². The number of pyridine rings is 1. The average molecular weight is 313 g/mol. The van der Waals surface area contributed by atoms with Gasteiger partial charge in [0.1, 0.15) is 11.2 Å². The van der Waals surface area contributed by atoms with E-state index in [1.54, 1.807) is 6.07 Å². The van der Waals surface area contributed by atoms with E-state index in [2.05, 4.69) is 10.3 Å². The highest BCUT2D eigenvalue weighted by atomic mass is 35.5. The number of hydrogen-bond donors (Lipinski definition) is 2. The minimum atomic E-state index is -1.04. The Labute approximate surface area is 129 Å². The molecule has 1 aromatic heterocycles. The second kappa shape index (κ2) is 6.89. The smallest absolute Gasteiger partial charge is 0.326 e. The van der Waals surface area contributed by atoms with Crippen LogP contribution >= 0.6 is 11.6 Å². The van der Waals surface area contributed by atoms with Crippen molar-refractivity contribution in [1.82, 2.24) is 10.3 Å². The molecule has 6 heteroatoms. The molecule has 116 valence electrons. The molecule has 0 aliphatic rings. The van der Waals surface area contributed by atoms with Crippen molar-refractivity contribution < 1.29 is 14.7 Å². The number of carboxylic acid groups (broad SMARTS) is 1. The van der Waals surface area contributed by atoms with E-state index < -0.39 is 17.9 Å². The zero-order valence-electron chi connectivity index (χ0n) is 12.7. The maximum absolute atomic E-state index is 12.2. The molecule has 0 unspecified atom stereocenters. The molecule has 0 bridgehead atoms. The molecule has 0 radical (unpaired) electrons. The van der Waals surface area contributed by atoms with Gasteiger partial charge in [0.25, 0.3) is 5.91 Å². The summed E-state index contributed by atoms with van der Waals surface area (Å²) in [5.41, 5.74) is 0.750. The summed E-state index contributed by atoms with van der Waals surface area (Å²) in [4.78, 5) is 27.5. The van der Waals surface area contributed by atoms with Crippen LogP contribution in [0.15, 0.2) is 12.1 Å². The van der Waals surface area contributed by atoms with E-state index in [1.807, 2.05) is 27.7 Å². The van der Waals surface area contributed by atoms with E-state index in [9.17, 15) is 9.59 Å². The van der Waals surface area contributed by atoms with Crippen LogP contribution < -0.4 is 5.32 Å². The number of aromatic nitrogens is 1. The summed E-state index contributed by atoms with van der Waals surface area (Å²) in [5.74, 6) is -1.49. The fourth-order valence-corrected chi connectivity index (χ4v) is 2.01. The highest BCUT2D eigenvalue weighted by Crippen LogP contribution is 2.23. The van der Waals surface area contributed by atoms with Gasteiger partial charge < -0.3 is 10.4 Å². The maximum Gasteiger partial charge on any atom is 0.326 e. The summed E-state index contributed by atoms with van der Waals surface area (Å²) >= 11 is 5.95. The number of nitrogens with one attached hydrogen (secondary N) is 1. The van der Waals surface area contributed by atoms with Crippen molar-refractivity contribution in [1.29, 1.82) is 0 Å². The minimum Gasteiger partial charge on any atom is -0.480 e. The molecule has 0 saturated heterocycles. The molecule has 0 saturated carbocycles. The number of amides is 1. The van der Waals surface area contributed by atoms with Crippen LogP contribution in [-0.4, -0.2) is 28.0 Å². The molecule has 1 aromatic rings. The predicted octanol–water partition coefficient (Wildman–Crippen LogP) is 3.02. The molecule has 21 heavy (non-hydrogen) atoms. The SMILES string of the molecule is CCC[C@@H](NC(=O)c1cc(Cl)nc(C(C)(C)C)c1)C(=O)O. The predicted molar refractivity (Wildman–Crippen MR) is 81.7 cm³/mol. The van der Waals surface area contributed by atoms with Gasteiger partial charge in [0.15, 0.2) is 0 Å². The van der Waals surface area contributed by atoms with Crippen molar-refractivity contribution in [2.24, 2.45) is 0 Å². The summed E-state index contributed by atoms with van der Waals surface area (Å²) in [7, 11) is 0. The second-order valence-electron chi connectivity index (χ2n) is 5.97. The molecule has 0 spiro atoms. The van der Waals surface area contributed by atoms with Crippen LogP contribution in [0, 0.1) is 0 Å². The Hall–Kier alpha value is -1.62. The number of halogens is 1. The molecule has 1 rings (SSSR count). The Morgan fingerprint density at radius 2 is 2.00 bits per heavy atom. The summed E-state index contributed by atoms with van der Waals surface area (Å²) in [5, 5.41) is 11.8. The van der Waals surface area contributed by atoms with Crippen LogP contribution in [0.3, 0.4) is 0 Å². The van der Waals surface area contributed by atoms with Crippen LogP contribution in [0.1, 0.15) is 56.6 Å². The van der Waals surface area contributed by atoms with Gasteiger partial charge in [-0.25, -0.2) is 9.78 Å². The molecule has 1 heterocycles. The molecular formula is C15H21ClN2O3. The molecule has 0 aliphatic heterocycles. The largest absolute Gasteiger partial charge is 0.480 e. The van der Waals surface area contributed by atoms with Crippen LogP contribution in [0.4, 0.5) is 0 Å². The lowest BCUT2D eigenvalue weighted by Crippen LogP contribution is -2.40. The number of carboxylic acids is 1. The van der Waals surface area contributed by atoms with Crippen molar-refractivity contribution in [3.63, 3.8) is 0 Å². The number of aliphatic carboxylic acids is 1. The van der Waals surface area contributed by atoms with Crippen LogP contribution in [0.5, 0.6) is 0 Å². The highest BCUT2D eigenvalue weighted by molar-refractivity contribution is 6.29. The third kappa shape index (κ3) is 5.01. The molecule has 2 N–H and O–H groups in total. The van der Waals surface area contributed by atoms with Gasteiger partial charge in [-0.2, -0.15) is 0 Å². The number of carbonyl (C=O) groups is 2. The van der Waals surface area contributed by atoms with Gasteiger partial charge in [0.2, 0.25) is 0 Å². The van der Waals surface area contributed by atoms with Gasteiger partial charge in [-0.3, -0.25) is 4.79 Å². The Balaban J connectivity index is 3.02. The van der Waals surface area contributed by atoms with Gasteiger partial charge in [0.05, 0.1) is 0 Å². The van der Waals surface area contributed by atoms with Gasteiger partial charge in [-0.05, 0) is 18.6 Å². The molecule has 1 amide bonds. The van der Waals surface area contributed by atoms with E-state index in [1.165, 1.54) is 6.07 Å². The Bertz CT molecular complexity index is 538. The van der Waals surface area contributed by atoms with Crippen molar-refractivity contribution in [3.8, 4) is 0 Å². The highest BCUT2D eigenvalue weighted by Gasteiger charge is 2.22. The quantitative estimate of drug-likeness (QED) is 0.819. The topological polar surface area (TPSA) is 79.3 Å². The summed E-state index contributed by atoms with van der Waals surface area (Å²) in [6, 6.07) is 2.19. The van der Waals surface area contributed by atoms with Gasteiger partial charge in [-0.15, -0.1) is 0 Å². The number of hydrogen-bond acceptors (Lipinski definition) is 3. The standard InChI is InChI=1S/C15H21ClN2O3/c1-5-6-10(14(20)21)17-13(19)9-7-11(15(2,3)4)18-12(16)8-9/h7-8,10H,5-6H2,1-4H3,(H,17,19)(H,20,21)/t10-/m1/s1. The van der Waals surface area contributed by atoms with E-state index in [0.717, 1.165) is 0 Å². The summed E-state index contributed by atoms with van der Waals surface area (Å²) in [6.45, 7) is 7.75. The first-order chi connectivity index (χ1) is 9.65. The van der Waals surface area contributed by atoms with Crippen molar-refractivity contribution in [3.05, 3.63) is 28.5 Å². The van der Waals surface area contributed by atoms with E-state index in [-0.39, 0.29) is 10.6 Å². The molecule has 1 atom stereocenters. The summed E-state index contributed by atoms with van der Waals surface area (Å²) < 4.78 is 0. The van der Waals surface area contributed by atoms with Gasteiger partial charge >= 0.3 is 5.97 Å². The molecular weight excluding hydrogens is 292 g/mol. The molecule has 0 fully saturated rings. The monoisotopic (exact) mass is 312 g/mol. The maximum atomic E-state index is 12.2. The third-order valence-corrected chi connectivity index (χ3v) is 3.20. The third-order valence-electron chi connectivity index (χ3n) is 3.01. The van der Waals surface area contributed by atoms with Crippen molar-refractivity contribution in [2.75, 3.05) is 0 Å². The van der Waals surface area contributed by atoms with Crippen molar-refractivity contribution in [2.45, 2.75) is 52.0 Å². The van der Waals surface area contributed by atoms with E-state index in [0.29, 0.717) is 24.1 Å². The molecule has 0 aliphatic carbocycles. The first kappa shape index (κ1) is 17.4. The van der Waals surface area contributed by atoms with Crippen LogP contribution in [0.25, 0.3) is 0 Å². The number of rotatable bonds is 5. The van der Waals surface area contributed by atoms with Gasteiger partial charge in [-0.1, -0.05) is 45.7 Å².